The average molecular weight is 338 g/mol. The SMILES string of the molecule is C=CC(C)C(C(=O)OCC)(C(=O)OCC)C1C=CC(CCCO)C1. The fraction of sp³-hybridized carbons (Fsp3) is 0.684. The molecule has 1 N–H and O–H groups in total. The first kappa shape index (κ1) is 20.4. The van der Waals surface area contributed by atoms with Crippen molar-refractivity contribution in [1.29, 1.82) is 0 Å². The summed E-state index contributed by atoms with van der Waals surface area (Å²) in [7, 11) is 0. The summed E-state index contributed by atoms with van der Waals surface area (Å²) < 4.78 is 10.5. The molecule has 0 aromatic heterocycles. The minimum atomic E-state index is -1.40. The molecule has 5 heteroatoms. The maximum atomic E-state index is 12.8. The zero-order valence-electron chi connectivity index (χ0n) is 15.0. The van der Waals surface area contributed by atoms with Crippen molar-refractivity contribution in [1.82, 2.24) is 0 Å². The zero-order chi connectivity index (χ0) is 18.2. The van der Waals surface area contributed by atoms with Gasteiger partial charge in [0.15, 0.2) is 5.41 Å². The topological polar surface area (TPSA) is 72.8 Å². The zero-order valence-corrected chi connectivity index (χ0v) is 15.0. The van der Waals surface area contributed by atoms with Gasteiger partial charge in [0.05, 0.1) is 13.2 Å². The van der Waals surface area contributed by atoms with E-state index in [1.165, 1.54) is 0 Å². The summed E-state index contributed by atoms with van der Waals surface area (Å²) in [5.74, 6) is -1.57. The number of hydrogen-bond donors (Lipinski definition) is 1. The molecule has 1 aliphatic rings. The number of aliphatic hydroxyl groups is 1. The number of allylic oxidation sites excluding steroid dienone is 3. The number of hydrogen-bond acceptors (Lipinski definition) is 5. The number of aliphatic hydroxyl groups excluding tert-OH is 1. The molecule has 0 amide bonds. The van der Waals surface area contributed by atoms with Crippen molar-refractivity contribution < 1.29 is 24.2 Å². The van der Waals surface area contributed by atoms with Crippen molar-refractivity contribution in [2.45, 2.75) is 40.0 Å². The van der Waals surface area contributed by atoms with Crippen molar-refractivity contribution in [2.75, 3.05) is 19.8 Å². The summed E-state index contributed by atoms with van der Waals surface area (Å²) in [6, 6.07) is 0. The second-order valence-electron chi connectivity index (χ2n) is 6.19. The molecule has 136 valence electrons. The van der Waals surface area contributed by atoms with Crippen LogP contribution in [0.2, 0.25) is 0 Å². The quantitative estimate of drug-likeness (QED) is 0.377. The lowest BCUT2D eigenvalue weighted by atomic mass is 9.66. The molecule has 0 aromatic carbocycles. The lowest BCUT2D eigenvalue weighted by Crippen LogP contribution is -2.51. The van der Waals surface area contributed by atoms with Crippen LogP contribution < -0.4 is 0 Å². The first-order valence-electron chi connectivity index (χ1n) is 8.75. The molecule has 0 aromatic rings. The lowest BCUT2D eigenvalue weighted by Gasteiger charge is -2.37. The average Bonchev–Trinajstić information content (AvgIpc) is 3.03. The Labute approximate surface area is 144 Å². The highest BCUT2D eigenvalue weighted by molar-refractivity contribution is 6.01. The third-order valence-electron chi connectivity index (χ3n) is 4.79. The summed E-state index contributed by atoms with van der Waals surface area (Å²) in [6.07, 6.45) is 7.76. The molecule has 0 saturated heterocycles. The number of ether oxygens (including phenoxy) is 2. The second-order valence-corrected chi connectivity index (χ2v) is 6.19. The van der Waals surface area contributed by atoms with Crippen LogP contribution in [-0.2, 0) is 19.1 Å². The summed E-state index contributed by atoms with van der Waals surface area (Å²) in [4.78, 5) is 25.7. The van der Waals surface area contributed by atoms with Crippen molar-refractivity contribution in [3.63, 3.8) is 0 Å². The van der Waals surface area contributed by atoms with E-state index in [1.807, 2.05) is 12.2 Å². The normalized spacial score (nSPS) is 21.3. The van der Waals surface area contributed by atoms with Gasteiger partial charge in [-0.2, -0.15) is 0 Å². The molecule has 0 heterocycles. The third kappa shape index (κ3) is 4.07. The van der Waals surface area contributed by atoms with Gasteiger partial charge in [-0.25, -0.2) is 0 Å². The van der Waals surface area contributed by atoms with Crippen LogP contribution in [0.25, 0.3) is 0 Å². The molecule has 3 unspecified atom stereocenters. The first-order chi connectivity index (χ1) is 11.5. The van der Waals surface area contributed by atoms with Gasteiger partial charge in [-0.3, -0.25) is 9.59 Å². The Morgan fingerprint density at radius 2 is 1.88 bits per heavy atom. The number of carbonyl (C=O) groups excluding carboxylic acids is 2. The maximum Gasteiger partial charge on any atom is 0.324 e. The second kappa shape index (κ2) is 9.62. The molecule has 3 atom stereocenters. The van der Waals surface area contributed by atoms with E-state index in [-0.39, 0.29) is 31.7 Å². The maximum absolute atomic E-state index is 12.8. The van der Waals surface area contributed by atoms with Gasteiger partial charge in [0.25, 0.3) is 0 Å². The molecule has 24 heavy (non-hydrogen) atoms. The van der Waals surface area contributed by atoms with Crippen molar-refractivity contribution in [2.24, 2.45) is 23.2 Å². The molecule has 0 aliphatic heterocycles. The summed E-state index contributed by atoms with van der Waals surface area (Å²) in [5, 5.41) is 9.01. The van der Waals surface area contributed by atoms with Gasteiger partial charge in [-0.1, -0.05) is 25.2 Å². The van der Waals surface area contributed by atoms with Crippen LogP contribution in [0.15, 0.2) is 24.8 Å². The molecule has 0 radical (unpaired) electrons. The molecule has 1 aliphatic carbocycles. The van der Waals surface area contributed by atoms with Gasteiger partial charge in [0.2, 0.25) is 0 Å². The molecule has 5 nitrogen and oxygen atoms in total. The number of carbonyl (C=O) groups is 2. The third-order valence-corrected chi connectivity index (χ3v) is 4.79. The molecule has 1 rings (SSSR count). The van der Waals surface area contributed by atoms with Crippen LogP contribution >= 0.6 is 0 Å². The highest BCUT2D eigenvalue weighted by Crippen LogP contribution is 2.47. The predicted octanol–water partition coefficient (Wildman–Crippen LogP) is 2.89. The largest absolute Gasteiger partial charge is 0.465 e. The molecule has 0 spiro atoms. The Kier molecular flexibility index (Phi) is 8.19. The molecular formula is C19H30O5. The van der Waals surface area contributed by atoms with Crippen LogP contribution in [0.1, 0.15) is 40.0 Å². The molecular weight excluding hydrogens is 308 g/mol. The van der Waals surface area contributed by atoms with E-state index >= 15 is 0 Å². The predicted molar refractivity (Wildman–Crippen MR) is 92.1 cm³/mol. The minimum Gasteiger partial charge on any atom is -0.465 e. The summed E-state index contributed by atoms with van der Waals surface area (Å²) in [6.45, 7) is 9.57. The fourth-order valence-electron chi connectivity index (χ4n) is 3.46. The van der Waals surface area contributed by atoms with Gasteiger partial charge in [0, 0.05) is 18.4 Å². The Morgan fingerprint density at radius 3 is 2.33 bits per heavy atom. The Morgan fingerprint density at radius 1 is 1.29 bits per heavy atom. The van der Waals surface area contributed by atoms with E-state index in [2.05, 4.69) is 6.58 Å². The van der Waals surface area contributed by atoms with E-state index < -0.39 is 23.3 Å². The molecule has 0 fully saturated rings. The summed E-state index contributed by atoms with van der Waals surface area (Å²) in [5.41, 5.74) is -1.40. The van der Waals surface area contributed by atoms with E-state index in [0.29, 0.717) is 12.8 Å². The van der Waals surface area contributed by atoms with Gasteiger partial charge >= 0.3 is 11.9 Å². The Hall–Kier alpha value is -1.62. The number of esters is 2. The molecule has 0 bridgehead atoms. The van der Waals surface area contributed by atoms with Crippen LogP contribution in [0, 0.1) is 23.2 Å². The smallest absolute Gasteiger partial charge is 0.324 e. The molecule has 0 saturated carbocycles. The van der Waals surface area contributed by atoms with Crippen LogP contribution in [-0.4, -0.2) is 36.9 Å². The van der Waals surface area contributed by atoms with Crippen molar-refractivity contribution in [3.05, 3.63) is 24.8 Å². The monoisotopic (exact) mass is 338 g/mol. The van der Waals surface area contributed by atoms with Gasteiger partial charge < -0.3 is 14.6 Å². The Balaban J connectivity index is 3.20. The van der Waals surface area contributed by atoms with Gasteiger partial charge in [0.1, 0.15) is 0 Å². The van der Waals surface area contributed by atoms with Crippen LogP contribution in [0.5, 0.6) is 0 Å². The van der Waals surface area contributed by atoms with E-state index in [0.717, 1.165) is 6.42 Å². The fourth-order valence-corrected chi connectivity index (χ4v) is 3.46. The van der Waals surface area contributed by atoms with Crippen LogP contribution in [0.3, 0.4) is 0 Å². The highest BCUT2D eigenvalue weighted by Gasteiger charge is 2.57. The van der Waals surface area contributed by atoms with Crippen molar-refractivity contribution >= 4 is 11.9 Å². The standard InChI is InChI=1S/C19H30O5/c1-5-14(4)19(17(21)23-6-2,18(22)24-7-3)16-11-10-15(13-16)9-8-12-20/h5,10-11,14-16,20H,1,6-9,12-13H2,2-4H3. The van der Waals surface area contributed by atoms with Crippen molar-refractivity contribution in [3.8, 4) is 0 Å². The van der Waals surface area contributed by atoms with Gasteiger partial charge in [-0.05, 0) is 39.0 Å². The number of rotatable bonds is 10. The van der Waals surface area contributed by atoms with E-state index in [1.54, 1.807) is 26.8 Å². The summed E-state index contributed by atoms with van der Waals surface area (Å²) >= 11 is 0. The van der Waals surface area contributed by atoms with E-state index in [4.69, 9.17) is 14.6 Å². The van der Waals surface area contributed by atoms with E-state index in [9.17, 15) is 9.59 Å². The highest BCUT2D eigenvalue weighted by atomic mass is 16.6. The lowest BCUT2D eigenvalue weighted by molar-refractivity contribution is -0.179. The first-order valence-corrected chi connectivity index (χ1v) is 8.75. The minimum absolute atomic E-state index is 0.138. The Bertz CT molecular complexity index is 450. The van der Waals surface area contributed by atoms with Gasteiger partial charge in [-0.15, -0.1) is 6.58 Å². The van der Waals surface area contributed by atoms with Crippen LogP contribution in [0.4, 0.5) is 0 Å².